The third kappa shape index (κ3) is 4.27. The molecular formula is C12H20N4O3. The van der Waals surface area contributed by atoms with Crippen LogP contribution in [0.5, 0.6) is 0 Å². The fourth-order valence-electron chi connectivity index (χ4n) is 1.61. The summed E-state index contributed by atoms with van der Waals surface area (Å²) in [5.41, 5.74) is 1.51. The zero-order valence-electron chi connectivity index (χ0n) is 11.4. The Labute approximate surface area is 112 Å². The van der Waals surface area contributed by atoms with Gasteiger partial charge in [-0.15, -0.1) is 0 Å². The Hall–Kier alpha value is -2.05. The maximum Gasteiger partial charge on any atom is 0.319 e. The van der Waals surface area contributed by atoms with Crippen LogP contribution in [0.4, 0.5) is 10.5 Å². The van der Waals surface area contributed by atoms with E-state index >= 15 is 0 Å². The van der Waals surface area contributed by atoms with E-state index < -0.39 is 12.0 Å². The molecule has 19 heavy (non-hydrogen) atoms. The minimum atomic E-state index is -0.943. The van der Waals surface area contributed by atoms with Gasteiger partial charge in [0, 0.05) is 12.6 Å². The first-order valence-electron chi connectivity index (χ1n) is 6.26. The third-order valence-electron chi connectivity index (χ3n) is 2.93. The quantitative estimate of drug-likeness (QED) is 0.732. The average Bonchev–Trinajstić information content (AvgIpc) is 2.70. The number of anilines is 1. The molecular weight excluding hydrogens is 248 g/mol. The van der Waals surface area contributed by atoms with Crippen LogP contribution in [0.1, 0.15) is 38.4 Å². The monoisotopic (exact) mass is 268 g/mol. The van der Waals surface area contributed by atoms with E-state index in [2.05, 4.69) is 29.6 Å². The summed E-state index contributed by atoms with van der Waals surface area (Å²) < 4.78 is 1.85. The van der Waals surface area contributed by atoms with Crippen LogP contribution in [-0.4, -0.2) is 33.4 Å². The van der Waals surface area contributed by atoms with Gasteiger partial charge in [0.2, 0.25) is 0 Å². The zero-order chi connectivity index (χ0) is 14.4. The molecule has 7 nitrogen and oxygen atoms in total. The Balaban J connectivity index is 2.55. The van der Waals surface area contributed by atoms with Gasteiger partial charge in [-0.05, 0) is 20.3 Å². The Kier molecular flexibility index (Phi) is 5.35. The molecule has 1 atom stereocenters. The molecule has 7 heteroatoms. The first-order chi connectivity index (χ1) is 8.95. The summed E-state index contributed by atoms with van der Waals surface area (Å²) in [6.07, 6.45) is 2.45. The normalized spacial score (nSPS) is 11.9. The SMILES string of the molecule is CCC(C)n1ncc(NC(=O)NCCC(=O)O)c1C. The summed E-state index contributed by atoms with van der Waals surface area (Å²) in [5.74, 6) is -0.943. The molecule has 0 fully saturated rings. The van der Waals surface area contributed by atoms with Crippen LogP contribution >= 0.6 is 0 Å². The van der Waals surface area contributed by atoms with E-state index in [-0.39, 0.29) is 19.0 Å². The molecule has 1 rings (SSSR count). The van der Waals surface area contributed by atoms with Crippen molar-refractivity contribution in [2.75, 3.05) is 11.9 Å². The molecule has 0 bridgehead atoms. The maximum absolute atomic E-state index is 11.5. The largest absolute Gasteiger partial charge is 0.481 e. The molecule has 0 saturated heterocycles. The molecule has 1 aromatic heterocycles. The summed E-state index contributed by atoms with van der Waals surface area (Å²) in [6.45, 7) is 6.10. The number of hydrogen-bond acceptors (Lipinski definition) is 3. The molecule has 2 amide bonds. The van der Waals surface area contributed by atoms with Gasteiger partial charge in [0.1, 0.15) is 0 Å². The van der Waals surface area contributed by atoms with Crippen molar-refractivity contribution in [3.8, 4) is 0 Å². The highest BCUT2D eigenvalue weighted by atomic mass is 16.4. The molecule has 3 N–H and O–H groups in total. The topological polar surface area (TPSA) is 96.3 Å². The molecule has 106 valence electrons. The number of urea groups is 1. The predicted octanol–water partition coefficient (Wildman–Crippen LogP) is 1.76. The van der Waals surface area contributed by atoms with Gasteiger partial charge in [0.05, 0.1) is 24.0 Å². The minimum absolute atomic E-state index is 0.0969. The number of aliphatic carboxylic acids is 1. The molecule has 0 aromatic carbocycles. The number of carbonyl (C=O) groups excluding carboxylic acids is 1. The second-order valence-corrected chi connectivity index (χ2v) is 4.37. The molecule has 0 saturated carbocycles. The molecule has 0 aliphatic carbocycles. The Bertz CT molecular complexity index is 456. The highest BCUT2D eigenvalue weighted by Gasteiger charge is 2.12. The van der Waals surface area contributed by atoms with Crippen LogP contribution in [0.3, 0.4) is 0 Å². The molecule has 1 heterocycles. The fourth-order valence-corrected chi connectivity index (χ4v) is 1.61. The van der Waals surface area contributed by atoms with Gasteiger partial charge in [-0.1, -0.05) is 6.92 Å². The van der Waals surface area contributed by atoms with Crippen LogP contribution in [0.15, 0.2) is 6.20 Å². The van der Waals surface area contributed by atoms with Gasteiger partial charge < -0.3 is 15.7 Å². The molecule has 1 unspecified atom stereocenters. The van der Waals surface area contributed by atoms with E-state index in [0.29, 0.717) is 5.69 Å². The number of rotatable bonds is 6. The van der Waals surface area contributed by atoms with Gasteiger partial charge in [0.15, 0.2) is 0 Å². The van der Waals surface area contributed by atoms with Crippen molar-refractivity contribution in [2.24, 2.45) is 0 Å². The van der Waals surface area contributed by atoms with Gasteiger partial charge in [-0.3, -0.25) is 9.48 Å². The lowest BCUT2D eigenvalue weighted by atomic mass is 10.2. The van der Waals surface area contributed by atoms with Crippen molar-refractivity contribution in [2.45, 2.75) is 39.7 Å². The Morgan fingerprint density at radius 3 is 2.79 bits per heavy atom. The molecule has 1 aromatic rings. The number of carboxylic acids is 1. The van der Waals surface area contributed by atoms with Crippen LogP contribution in [-0.2, 0) is 4.79 Å². The molecule has 0 aliphatic rings. The van der Waals surface area contributed by atoms with Crippen molar-refractivity contribution >= 4 is 17.7 Å². The number of nitrogens with zero attached hydrogens (tertiary/aromatic N) is 2. The lowest BCUT2D eigenvalue weighted by Crippen LogP contribution is -2.30. The summed E-state index contributed by atoms with van der Waals surface area (Å²) in [7, 11) is 0. The summed E-state index contributed by atoms with van der Waals surface area (Å²) >= 11 is 0. The van der Waals surface area contributed by atoms with Gasteiger partial charge >= 0.3 is 12.0 Å². The second-order valence-electron chi connectivity index (χ2n) is 4.37. The van der Waals surface area contributed by atoms with Crippen LogP contribution in [0, 0.1) is 6.92 Å². The lowest BCUT2D eigenvalue weighted by Gasteiger charge is -2.12. The number of amides is 2. The Morgan fingerprint density at radius 1 is 1.53 bits per heavy atom. The third-order valence-corrected chi connectivity index (χ3v) is 2.93. The van der Waals surface area contributed by atoms with E-state index in [1.165, 1.54) is 0 Å². The van der Waals surface area contributed by atoms with Gasteiger partial charge in [-0.2, -0.15) is 5.10 Å². The number of carbonyl (C=O) groups is 2. The lowest BCUT2D eigenvalue weighted by molar-refractivity contribution is -0.136. The van der Waals surface area contributed by atoms with Crippen LogP contribution < -0.4 is 10.6 Å². The van der Waals surface area contributed by atoms with Gasteiger partial charge in [0.25, 0.3) is 0 Å². The van der Waals surface area contributed by atoms with Gasteiger partial charge in [-0.25, -0.2) is 4.79 Å². The Morgan fingerprint density at radius 2 is 2.21 bits per heavy atom. The van der Waals surface area contributed by atoms with Crippen molar-refractivity contribution < 1.29 is 14.7 Å². The summed E-state index contributed by atoms with van der Waals surface area (Å²) in [6, 6.07) is -0.154. The van der Waals surface area contributed by atoms with E-state index in [0.717, 1.165) is 12.1 Å². The standard InChI is InChI=1S/C12H20N4O3/c1-4-8(2)16-9(3)10(7-14-16)15-12(19)13-6-5-11(17)18/h7-8H,4-6H2,1-3H3,(H,17,18)(H2,13,15,19). The smallest absolute Gasteiger partial charge is 0.319 e. The van der Waals surface area contributed by atoms with Crippen LogP contribution in [0.25, 0.3) is 0 Å². The fraction of sp³-hybridized carbons (Fsp3) is 0.583. The number of nitrogens with one attached hydrogen (secondary N) is 2. The molecule has 0 spiro atoms. The molecule has 0 aliphatic heterocycles. The van der Waals surface area contributed by atoms with Crippen molar-refractivity contribution in [3.63, 3.8) is 0 Å². The van der Waals surface area contributed by atoms with E-state index in [4.69, 9.17) is 5.11 Å². The predicted molar refractivity (Wildman–Crippen MR) is 71.2 cm³/mol. The first-order valence-corrected chi connectivity index (χ1v) is 6.26. The highest BCUT2D eigenvalue weighted by molar-refractivity contribution is 5.89. The van der Waals surface area contributed by atoms with Crippen molar-refractivity contribution in [1.29, 1.82) is 0 Å². The minimum Gasteiger partial charge on any atom is -0.481 e. The number of hydrogen-bond donors (Lipinski definition) is 3. The van der Waals surface area contributed by atoms with Crippen LogP contribution in [0.2, 0.25) is 0 Å². The van der Waals surface area contributed by atoms with Crippen molar-refractivity contribution in [3.05, 3.63) is 11.9 Å². The second kappa shape index (κ2) is 6.77. The number of aromatic nitrogens is 2. The number of carboxylic acid groups (broad SMARTS) is 1. The first kappa shape index (κ1) is 15.0. The van der Waals surface area contributed by atoms with Crippen molar-refractivity contribution in [1.82, 2.24) is 15.1 Å². The highest BCUT2D eigenvalue weighted by Crippen LogP contribution is 2.19. The van der Waals surface area contributed by atoms with E-state index in [1.807, 2.05) is 11.6 Å². The summed E-state index contributed by atoms with van der Waals surface area (Å²) in [4.78, 5) is 21.9. The maximum atomic E-state index is 11.5. The zero-order valence-corrected chi connectivity index (χ0v) is 11.4. The van der Waals surface area contributed by atoms with E-state index in [1.54, 1.807) is 6.20 Å². The average molecular weight is 268 g/mol. The van der Waals surface area contributed by atoms with E-state index in [9.17, 15) is 9.59 Å². The molecule has 0 radical (unpaired) electrons. The summed E-state index contributed by atoms with van der Waals surface area (Å²) in [5, 5.41) is 17.8.